The zero-order valence-corrected chi connectivity index (χ0v) is 15.5. The molecular formula is C19H26N4O4. The Hall–Kier alpha value is -2.87. The van der Waals surface area contributed by atoms with Gasteiger partial charge >= 0.3 is 5.97 Å². The lowest BCUT2D eigenvalue weighted by Crippen LogP contribution is -2.49. The highest BCUT2D eigenvalue weighted by Gasteiger charge is 2.22. The van der Waals surface area contributed by atoms with E-state index in [-0.39, 0.29) is 12.5 Å². The van der Waals surface area contributed by atoms with E-state index < -0.39 is 29.9 Å². The Bertz CT molecular complexity index is 815. The number of hydrogen-bond donors (Lipinski definition) is 5. The SMILES string of the molecule is CC(C)C[C@H](NC(=O)CNC(=O)[C@@H](N)Cc1c[nH]c2ccccc12)C(=O)O. The van der Waals surface area contributed by atoms with Crippen molar-refractivity contribution in [3.8, 4) is 0 Å². The maximum atomic E-state index is 12.2. The molecule has 1 aromatic carbocycles. The van der Waals surface area contributed by atoms with E-state index in [9.17, 15) is 14.4 Å². The normalized spacial score (nSPS) is 13.3. The molecule has 27 heavy (non-hydrogen) atoms. The Morgan fingerprint density at radius 2 is 1.93 bits per heavy atom. The molecule has 1 aromatic heterocycles. The fraction of sp³-hybridized carbons (Fsp3) is 0.421. The summed E-state index contributed by atoms with van der Waals surface area (Å²) in [7, 11) is 0. The first-order valence-corrected chi connectivity index (χ1v) is 8.88. The zero-order valence-electron chi connectivity index (χ0n) is 15.5. The van der Waals surface area contributed by atoms with Gasteiger partial charge in [-0.25, -0.2) is 4.79 Å². The third-order valence-corrected chi connectivity index (χ3v) is 4.22. The van der Waals surface area contributed by atoms with E-state index >= 15 is 0 Å². The average Bonchev–Trinajstić information content (AvgIpc) is 3.01. The van der Waals surface area contributed by atoms with Crippen molar-refractivity contribution in [3.05, 3.63) is 36.0 Å². The summed E-state index contributed by atoms with van der Waals surface area (Å²) < 4.78 is 0. The molecule has 0 radical (unpaired) electrons. The summed E-state index contributed by atoms with van der Waals surface area (Å²) in [6, 6.07) is 5.91. The molecule has 0 saturated carbocycles. The standard InChI is InChI=1S/C19H26N4O4/c1-11(2)7-16(19(26)27)23-17(24)10-22-18(25)14(20)8-12-9-21-15-6-4-3-5-13(12)15/h3-6,9,11,14,16,21H,7-8,10,20H2,1-2H3,(H,22,25)(H,23,24)(H,26,27)/t14-,16-/m0/s1. The van der Waals surface area contributed by atoms with Crippen LogP contribution in [-0.2, 0) is 20.8 Å². The number of para-hydroxylation sites is 1. The van der Waals surface area contributed by atoms with E-state index in [1.165, 1.54) is 0 Å². The maximum Gasteiger partial charge on any atom is 0.326 e. The molecule has 0 unspecified atom stereocenters. The van der Waals surface area contributed by atoms with E-state index in [0.717, 1.165) is 16.5 Å². The number of aromatic nitrogens is 1. The average molecular weight is 374 g/mol. The first-order valence-electron chi connectivity index (χ1n) is 8.88. The van der Waals surface area contributed by atoms with Gasteiger partial charge in [-0.05, 0) is 30.4 Å². The molecule has 0 saturated heterocycles. The van der Waals surface area contributed by atoms with Crippen LogP contribution < -0.4 is 16.4 Å². The van der Waals surface area contributed by atoms with Crippen LogP contribution in [0.2, 0.25) is 0 Å². The lowest BCUT2D eigenvalue weighted by molar-refractivity contribution is -0.142. The lowest BCUT2D eigenvalue weighted by atomic mass is 10.0. The second-order valence-electron chi connectivity index (χ2n) is 6.98. The fourth-order valence-corrected chi connectivity index (χ4v) is 2.87. The van der Waals surface area contributed by atoms with Gasteiger partial charge in [0.05, 0.1) is 12.6 Å². The van der Waals surface area contributed by atoms with Crippen molar-refractivity contribution in [3.63, 3.8) is 0 Å². The quantitative estimate of drug-likeness (QED) is 0.441. The summed E-state index contributed by atoms with van der Waals surface area (Å²) >= 11 is 0. The number of benzene rings is 1. The Morgan fingerprint density at radius 3 is 2.59 bits per heavy atom. The molecule has 0 spiro atoms. The Kier molecular flexibility index (Phi) is 6.95. The van der Waals surface area contributed by atoms with E-state index in [0.29, 0.717) is 12.8 Å². The Labute approximate surface area is 157 Å². The molecule has 2 rings (SSSR count). The predicted octanol–water partition coefficient (Wildman–Crippen LogP) is 0.769. The topological polar surface area (TPSA) is 137 Å². The summed E-state index contributed by atoms with van der Waals surface area (Å²) in [5.41, 5.74) is 7.83. The maximum absolute atomic E-state index is 12.2. The second kappa shape index (κ2) is 9.18. The molecule has 6 N–H and O–H groups in total. The molecule has 0 fully saturated rings. The number of amides is 2. The largest absolute Gasteiger partial charge is 0.480 e. The van der Waals surface area contributed by atoms with Crippen LogP contribution in [0.1, 0.15) is 25.8 Å². The number of aliphatic carboxylic acids is 1. The molecule has 146 valence electrons. The summed E-state index contributed by atoms with van der Waals surface area (Å²) in [5.74, 6) is -2.01. The van der Waals surface area contributed by atoms with Gasteiger partial charge < -0.3 is 26.5 Å². The Morgan fingerprint density at radius 1 is 1.22 bits per heavy atom. The van der Waals surface area contributed by atoms with Gasteiger partial charge in [-0.1, -0.05) is 32.0 Å². The van der Waals surface area contributed by atoms with Crippen LogP contribution >= 0.6 is 0 Å². The molecule has 0 aliphatic rings. The lowest BCUT2D eigenvalue weighted by Gasteiger charge is -2.17. The Balaban J connectivity index is 1.85. The number of carbonyl (C=O) groups excluding carboxylic acids is 2. The number of fused-ring (bicyclic) bond motifs is 1. The number of nitrogens with two attached hydrogens (primary N) is 1. The van der Waals surface area contributed by atoms with Gasteiger partial charge in [0.1, 0.15) is 6.04 Å². The van der Waals surface area contributed by atoms with Crippen molar-refractivity contribution in [2.45, 2.75) is 38.8 Å². The minimum Gasteiger partial charge on any atom is -0.480 e. The van der Waals surface area contributed by atoms with Crippen LogP contribution in [0.4, 0.5) is 0 Å². The number of aromatic amines is 1. The summed E-state index contributed by atoms with van der Waals surface area (Å²) in [6.07, 6.45) is 2.45. The third kappa shape index (κ3) is 5.82. The van der Waals surface area contributed by atoms with Gasteiger partial charge in [-0.3, -0.25) is 9.59 Å². The minimum atomic E-state index is -1.10. The van der Waals surface area contributed by atoms with E-state index in [1.54, 1.807) is 0 Å². The van der Waals surface area contributed by atoms with Gasteiger partial charge in [-0.15, -0.1) is 0 Å². The molecule has 2 amide bonds. The second-order valence-corrected chi connectivity index (χ2v) is 6.98. The molecular weight excluding hydrogens is 348 g/mol. The van der Waals surface area contributed by atoms with Gasteiger partial charge in [0.25, 0.3) is 0 Å². The van der Waals surface area contributed by atoms with Crippen molar-refractivity contribution in [2.75, 3.05) is 6.54 Å². The number of carboxylic acid groups (broad SMARTS) is 1. The number of carbonyl (C=O) groups is 3. The zero-order chi connectivity index (χ0) is 20.0. The van der Waals surface area contributed by atoms with Crippen molar-refractivity contribution in [1.29, 1.82) is 0 Å². The van der Waals surface area contributed by atoms with Crippen molar-refractivity contribution >= 4 is 28.7 Å². The first-order chi connectivity index (χ1) is 12.8. The van der Waals surface area contributed by atoms with E-state index in [1.807, 2.05) is 44.3 Å². The molecule has 8 heteroatoms. The molecule has 2 atom stereocenters. The van der Waals surface area contributed by atoms with Gasteiger partial charge in [0, 0.05) is 17.1 Å². The summed E-state index contributed by atoms with van der Waals surface area (Å²) in [4.78, 5) is 38.4. The molecule has 0 aliphatic carbocycles. The fourth-order valence-electron chi connectivity index (χ4n) is 2.87. The smallest absolute Gasteiger partial charge is 0.326 e. The monoisotopic (exact) mass is 374 g/mol. The summed E-state index contributed by atoms with van der Waals surface area (Å²) in [6.45, 7) is 3.42. The highest BCUT2D eigenvalue weighted by atomic mass is 16.4. The predicted molar refractivity (Wildman–Crippen MR) is 102 cm³/mol. The van der Waals surface area contributed by atoms with Crippen molar-refractivity contribution in [1.82, 2.24) is 15.6 Å². The number of H-pyrrole nitrogens is 1. The number of nitrogens with one attached hydrogen (secondary N) is 3. The van der Waals surface area contributed by atoms with Crippen molar-refractivity contribution < 1.29 is 19.5 Å². The highest BCUT2D eigenvalue weighted by molar-refractivity contribution is 5.90. The van der Waals surface area contributed by atoms with Crippen molar-refractivity contribution in [2.24, 2.45) is 11.7 Å². The minimum absolute atomic E-state index is 0.116. The molecule has 0 aliphatic heterocycles. The summed E-state index contributed by atoms with van der Waals surface area (Å²) in [5, 5.41) is 15.0. The number of carboxylic acids is 1. The van der Waals surface area contributed by atoms with Gasteiger partial charge in [-0.2, -0.15) is 0 Å². The third-order valence-electron chi connectivity index (χ3n) is 4.22. The van der Waals surface area contributed by atoms with Crippen LogP contribution in [-0.4, -0.2) is 46.5 Å². The first kappa shape index (κ1) is 20.4. The molecule has 8 nitrogen and oxygen atoms in total. The van der Waals surface area contributed by atoms with Crippen LogP contribution in [0.3, 0.4) is 0 Å². The molecule has 2 aromatic rings. The van der Waals surface area contributed by atoms with Gasteiger partial charge in [0.15, 0.2) is 0 Å². The molecule has 0 bridgehead atoms. The van der Waals surface area contributed by atoms with E-state index in [2.05, 4.69) is 15.6 Å². The number of rotatable bonds is 9. The van der Waals surface area contributed by atoms with E-state index in [4.69, 9.17) is 10.8 Å². The highest BCUT2D eigenvalue weighted by Crippen LogP contribution is 2.18. The van der Waals surface area contributed by atoms with Gasteiger partial charge in [0.2, 0.25) is 11.8 Å². The van der Waals surface area contributed by atoms with Crippen LogP contribution in [0.15, 0.2) is 30.5 Å². The van der Waals surface area contributed by atoms with Crippen LogP contribution in [0, 0.1) is 5.92 Å². The van der Waals surface area contributed by atoms with Crippen LogP contribution in [0.25, 0.3) is 10.9 Å². The van der Waals surface area contributed by atoms with Crippen LogP contribution in [0.5, 0.6) is 0 Å². The number of hydrogen-bond acceptors (Lipinski definition) is 4. The molecule has 1 heterocycles.